The maximum atomic E-state index is 12.0. The van der Waals surface area contributed by atoms with Gasteiger partial charge in [0, 0.05) is 24.5 Å². The highest BCUT2D eigenvalue weighted by Gasteiger charge is 2.15. The summed E-state index contributed by atoms with van der Waals surface area (Å²) < 4.78 is 5.27. The third-order valence-electron chi connectivity index (χ3n) is 3.65. The van der Waals surface area contributed by atoms with Crippen molar-refractivity contribution in [1.29, 1.82) is 0 Å². The van der Waals surface area contributed by atoms with Gasteiger partial charge in [-0.15, -0.1) is 11.3 Å². The summed E-state index contributed by atoms with van der Waals surface area (Å²) in [5.74, 6) is -0.264. The average molecular weight is 361 g/mol. The number of nitrogens with zero attached hydrogens (tertiary/aromatic N) is 1. The lowest BCUT2D eigenvalue weighted by Crippen LogP contribution is -2.27. The molecule has 7 heteroatoms. The zero-order chi connectivity index (χ0) is 18.4. The number of nitrogens with one attached hydrogen (secondary N) is 2. The maximum absolute atomic E-state index is 12.0. The van der Waals surface area contributed by atoms with Crippen LogP contribution in [-0.4, -0.2) is 29.5 Å². The molecular formula is C18H23N3O3S. The lowest BCUT2D eigenvalue weighted by Gasteiger charge is -2.13. The van der Waals surface area contributed by atoms with Crippen molar-refractivity contribution < 1.29 is 14.3 Å². The summed E-state index contributed by atoms with van der Waals surface area (Å²) >= 11 is 1.37. The fourth-order valence-corrected chi connectivity index (χ4v) is 3.05. The molecule has 0 saturated heterocycles. The number of aromatic nitrogens is 1. The molecular weight excluding hydrogens is 338 g/mol. The van der Waals surface area contributed by atoms with Crippen LogP contribution in [0.4, 0.5) is 5.13 Å². The van der Waals surface area contributed by atoms with E-state index in [1.54, 1.807) is 6.92 Å². The van der Waals surface area contributed by atoms with Crippen molar-refractivity contribution in [3.8, 4) is 11.3 Å². The molecule has 0 aliphatic rings. The fourth-order valence-electron chi connectivity index (χ4n) is 2.33. The van der Waals surface area contributed by atoms with Gasteiger partial charge in [-0.2, -0.15) is 0 Å². The summed E-state index contributed by atoms with van der Waals surface area (Å²) in [4.78, 5) is 27.5. The number of hydrogen-bond donors (Lipinski definition) is 2. The summed E-state index contributed by atoms with van der Waals surface area (Å²) in [6.07, 6.45) is -0.508. The number of carbonyl (C=O) groups is 2. The highest BCUT2D eigenvalue weighted by molar-refractivity contribution is 7.14. The van der Waals surface area contributed by atoms with Gasteiger partial charge in [0.1, 0.15) is 6.10 Å². The monoisotopic (exact) mass is 361 g/mol. The van der Waals surface area contributed by atoms with Crippen LogP contribution in [0.2, 0.25) is 0 Å². The van der Waals surface area contributed by atoms with Crippen molar-refractivity contribution in [3.63, 3.8) is 0 Å². The second kappa shape index (κ2) is 8.73. The summed E-state index contributed by atoms with van der Waals surface area (Å²) in [7, 11) is 0. The van der Waals surface area contributed by atoms with E-state index in [0.29, 0.717) is 11.7 Å². The van der Waals surface area contributed by atoms with E-state index in [1.807, 2.05) is 43.5 Å². The van der Waals surface area contributed by atoms with Crippen molar-refractivity contribution in [2.45, 2.75) is 39.8 Å². The van der Waals surface area contributed by atoms with Gasteiger partial charge in [-0.1, -0.05) is 24.3 Å². The summed E-state index contributed by atoms with van der Waals surface area (Å²) in [5.41, 5.74) is 2.77. The number of benzene rings is 1. The van der Waals surface area contributed by atoms with Crippen LogP contribution in [0.25, 0.3) is 11.3 Å². The SMILES string of the molecule is CCOC(C)C(=O)Nc1nc(-c2ccc(C(C)NC(C)=O)cc2)cs1. The van der Waals surface area contributed by atoms with Gasteiger partial charge < -0.3 is 10.1 Å². The van der Waals surface area contributed by atoms with Crippen LogP contribution in [0.5, 0.6) is 0 Å². The molecule has 0 bridgehead atoms. The minimum Gasteiger partial charge on any atom is -0.369 e. The lowest BCUT2D eigenvalue weighted by molar-refractivity contribution is -0.126. The number of rotatable bonds is 7. The fraction of sp³-hybridized carbons (Fsp3) is 0.389. The third-order valence-corrected chi connectivity index (χ3v) is 4.40. The molecule has 2 amide bonds. The first-order valence-electron chi connectivity index (χ1n) is 8.16. The van der Waals surface area contributed by atoms with Gasteiger partial charge in [-0.05, 0) is 26.3 Å². The van der Waals surface area contributed by atoms with Crippen LogP contribution in [-0.2, 0) is 14.3 Å². The Kier molecular flexibility index (Phi) is 6.66. The van der Waals surface area contributed by atoms with E-state index in [1.165, 1.54) is 18.3 Å². The minimum atomic E-state index is -0.508. The standard InChI is InChI=1S/C18H23N3O3S/c1-5-24-12(3)17(23)21-18-20-16(10-25-18)15-8-6-14(7-9-15)11(2)19-13(4)22/h6-12H,5H2,1-4H3,(H,19,22)(H,20,21,23). The molecule has 2 rings (SSSR count). The third kappa shape index (κ3) is 5.37. The molecule has 1 aromatic carbocycles. The first-order valence-corrected chi connectivity index (χ1v) is 9.04. The van der Waals surface area contributed by atoms with E-state index in [4.69, 9.17) is 4.74 Å². The molecule has 6 nitrogen and oxygen atoms in total. The molecule has 0 radical (unpaired) electrons. The van der Waals surface area contributed by atoms with Gasteiger partial charge in [0.25, 0.3) is 5.91 Å². The molecule has 2 atom stereocenters. The Morgan fingerprint density at radius 1 is 1.24 bits per heavy atom. The number of hydrogen-bond acceptors (Lipinski definition) is 5. The lowest BCUT2D eigenvalue weighted by atomic mass is 10.1. The molecule has 0 saturated carbocycles. The van der Waals surface area contributed by atoms with Crippen LogP contribution in [0.15, 0.2) is 29.6 Å². The second-order valence-electron chi connectivity index (χ2n) is 5.67. The molecule has 0 aliphatic heterocycles. The van der Waals surface area contributed by atoms with E-state index < -0.39 is 6.10 Å². The molecule has 0 fully saturated rings. The Morgan fingerprint density at radius 2 is 1.92 bits per heavy atom. The van der Waals surface area contributed by atoms with Crippen molar-refractivity contribution in [3.05, 3.63) is 35.2 Å². The Balaban J connectivity index is 2.04. The minimum absolute atomic E-state index is 0.0445. The zero-order valence-electron chi connectivity index (χ0n) is 14.8. The Labute approximate surface area is 151 Å². The molecule has 2 aromatic rings. The van der Waals surface area contributed by atoms with Gasteiger partial charge in [-0.3, -0.25) is 14.9 Å². The van der Waals surface area contributed by atoms with Gasteiger partial charge in [0.2, 0.25) is 5.91 Å². The molecule has 2 unspecified atom stereocenters. The van der Waals surface area contributed by atoms with E-state index in [0.717, 1.165) is 16.8 Å². The summed E-state index contributed by atoms with van der Waals surface area (Å²) in [6.45, 7) is 7.49. The van der Waals surface area contributed by atoms with Crippen molar-refractivity contribution in [2.75, 3.05) is 11.9 Å². The van der Waals surface area contributed by atoms with Crippen molar-refractivity contribution in [1.82, 2.24) is 10.3 Å². The largest absolute Gasteiger partial charge is 0.369 e. The predicted molar refractivity (Wildman–Crippen MR) is 99.5 cm³/mol. The molecule has 2 N–H and O–H groups in total. The molecule has 0 aliphatic carbocycles. The smallest absolute Gasteiger partial charge is 0.254 e. The maximum Gasteiger partial charge on any atom is 0.254 e. The number of anilines is 1. The van der Waals surface area contributed by atoms with E-state index in [-0.39, 0.29) is 17.9 Å². The van der Waals surface area contributed by atoms with Crippen molar-refractivity contribution >= 4 is 28.3 Å². The number of carbonyl (C=O) groups excluding carboxylic acids is 2. The van der Waals surface area contributed by atoms with E-state index in [9.17, 15) is 9.59 Å². The zero-order valence-corrected chi connectivity index (χ0v) is 15.6. The highest BCUT2D eigenvalue weighted by Crippen LogP contribution is 2.26. The molecule has 0 spiro atoms. The first-order chi connectivity index (χ1) is 11.9. The number of thiazole rings is 1. The van der Waals surface area contributed by atoms with Crippen LogP contribution < -0.4 is 10.6 Å². The van der Waals surface area contributed by atoms with Crippen LogP contribution in [0.3, 0.4) is 0 Å². The summed E-state index contributed by atoms with van der Waals surface area (Å²) in [5, 5.41) is 8.06. The molecule has 134 valence electrons. The normalized spacial score (nSPS) is 13.1. The van der Waals surface area contributed by atoms with E-state index >= 15 is 0 Å². The van der Waals surface area contributed by atoms with Gasteiger partial charge in [0.05, 0.1) is 11.7 Å². The topological polar surface area (TPSA) is 80.3 Å². The van der Waals surface area contributed by atoms with Gasteiger partial charge in [-0.25, -0.2) is 4.98 Å². The Hall–Kier alpha value is -2.25. The quantitative estimate of drug-likeness (QED) is 0.792. The van der Waals surface area contributed by atoms with Gasteiger partial charge >= 0.3 is 0 Å². The summed E-state index contributed by atoms with van der Waals surface area (Å²) in [6, 6.07) is 7.79. The predicted octanol–water partition coefficient (Wildman–Crippen LogP) is 3.37. The van der Waals surface area contributed by atoms with Crippen LogP contribution in [0.1, 0.15) is 39.3 Å². The molecule has 1 aromatic heterocycles. The van der Waals surface area contributed by atoms with Crippen molar-refractivity contribution in [2.24, 2.45) is 0 Å². The number of ether oxygens (including phenoxy) is 1. The highest BCUT2D eigenvalue weighted by atomic mass is 32.1. The number of amides is 2. The van der Waals surface area contributed by atoms with Gasteiger partial charge in [0.15, 0.2) is 5.13 Å². The average Bonchev–Trinajstić information content (AvgIpc) is 3.03. The van der Waals surface area contributed by atoms with E-state index in [2.05, 4.69) is 15.6 Å². The first kappa shape index (κ1) is 19.1. The Bertz CT molecular complexity index is 727. The second-order valence-corrected chi connectivity index (χ2v) is 6.53. The molecule has 25 heavy (non-hydrogen) atoms. The van der Waals surface area contributed by atoms with Crippen LogP contribution >= 0.6 is 11.3 Å². The van der Waals surface area contributed by atoms with Crippen LogP contribution in [0, 0.1) is 0 Å². The Morgan fingerprint density at radius 3 is 2.52 bits per heavy atom. The molecule has 1 heterocycles.